The van der Waals surface area contributed by atoms with Crippen LogP contribution >= 0.6 is 15.9 Å². The van der Waals surface area contributed by atoms with E-state index in [-0.39, 0.29) is 11.9 Å². The van der Waals surface area contributed by atoms with Gasteiger partial charge in [0.2, 0.25) is 0 Å². The molecule has 2 nitrogen and oxygen atoms in total. The molecule has 1 aliphatic heterocycles. The molecule has 0 aromatic heterocycles. The van der Waals surface area contributed by atoms with Gasteiger partial charge in [-0.2, -0.15) is 0 Å². The lowest BCUT2D eigenvalue weighted by Crippen LogP contribution is -2.26. The van der Waals surface area contributed by atoms with Gasteiger partial charge < -0.3 is 5.73 Å². The minimum Gasteiger partial charge on any atom is -0.326 e. The second kappa shape index (κ2) is 4.60. The van der Waals surface area contributed by atoms with Crippen molar-refractivity contribution in [3.8, 4) is 0 Å². The molecule has 0 unspecified atom stereocenters. The lowest BCUT2D eigenvalue weighted by Gasteiger charge is -2.16. The molecule has 2 N–H and O–H groups in total. The number of halogens is 2. The molecule has 0 aliphatic carbocycles. The molecular formula is C11H14BrFN2. The first-order chi connectivity index (χ1) is 7.16. The van der Waals surface area contributed by atoms with Gasteiger partial charge in [-0.15, -0.1) is 0 Å². The van der Waals surface area contributed by atoms with Crippen LogP contribution in [0.25, 0.3) is 0 Å². The van der Waals surface area contributed by atoms with Gasteiger partial charge >= 0.3 is 0 Å². The summed E-state index contributed by atoms with van der Waals surface area (Å²) in [6, 6.07) is 5.42. The summed E-state index contributed by atoms with van der Waals surface area (Å²) in [6.45, 7) is 2.68. The van der Waals surface area contributed by atoms with Crippen molar-refractivity contribution in [1.82, 2.24) is 4.90 Å². The van der Waals surface area contributed by atoms with Crippen LogP contribution in [0.4, 0.5) is 4.39 Å². The van der Waals surface area contributed by atoms with Crippen molar-refractivity contribution in [2.24, 2.45) is 5.73 Å². The van der Waals surface area contributed by atoms with Gasteiger partial charge in [0.25, 0.3) is 0 Å². The highest BCUT2D eigenvalue weighted by Crippen LogP contribution is 2.23. The molecule has 1 aromatic carbocycles. The highest BCUT2D eigenvalue weighted by molar-refractivity contribution is 9.10. The Bertz CT molecular complexity index is 356. The van der Waals surface area contributed by atoms with Gasteiger partial charge in [-0.1, -0.05) is 12.1 Å². The molecule has 15 heavy (non-hydrogen) atoms. The molecule has 1 saturated heterocycles. The summed E-state index contributed by atoms with van der Waals surface area (Å²) in [5, 5.41) is 0. The molecule has 0 spiro atoms. The standard InChI is InChI=1S/C11H14BrFN2/c12-11-8(2-1-3-10(11)13)6-15-5-4-9(14)7-15/h1-3,9H,4-7,14H2/t9-/m1/s1. The molecule has 1 atom stereocenters. The molecule has 0 saturated carbocycles. The van der Waals surface area contributed by atoms with Crippen LogP contribution < -0.4 is 5.73 Å². The average Bonchev–Trinajstić information content (AvgIpc) is 2.59. The maximum atomic E-state index is 13.2. The Hall–Kier alpha value is -0.450. The maximum Gasteiger partial charge on any atom is 0.137 e. The summed E-state index contributed by atoms with van der Waals surface area (Å²) in [5.74, 6) is -0.198. The number of rotatable bonds is 2. The first kappa shape index (κ1) is 11.0. The topological polar surface area (TPSA) is 29.3 Å². The summed E-state index contributed by atoms with van der Waals surface area (Å²) < 4.78 is 13.8. The zero-order valence-electron chi connectivity index (χ0n) is 8.42. The van der Waals surface area contributed by atoms with E-state index in [0.717, 1.165) is 31.6 Å². The van der Waals surface area contributed by atoms with E-state index in [9.17, 15) is 4.39 Å². The van der Waals surface area contributed by atoms with E-state index in [0.29, 0.717) is 4.47 Å². The van der Waals surface area contributed by atoms with Gasteiger partial charge in [0.1, 0.15) is 5.82 Å². The second-order valence-electron chi connectivity index (χ2n) is 4.00. The van der Waals surface area contributed by atoms with E-state index >= 15 is 0 Å². The highest BCUT2D eigenvalue weighted by Gasteiger charge is 2.19. The van der Waals surface area contributed by atoms with Crippen molar-refractivity contribution in [3.05, 3.63) is 34.1 Å². The molecular weight excluding hydrogens is 259 g/mol. The normalized spacial score (nSPS) is 22.2. The van der Waals surface area contributed by atoms with Crippen molar-refractivity contribution in [3.63, 3.8) is 0 Å². The number of benzene rings is 1. The molecule has 2 rings (SSSR count). The second-order valence-corrected chi connectivity index (χ2v) is 4.79. The van der Waals surface area contributed by atoms with E-state index in [1.54, 1.807) is 6.07 Å². The van der Waals surface area contributed by atoms with Crippen LogP contribution in [0.2, 0.25) is 0 Å². The van der Waals surface area contributed by atoms with E-state index in [2.05, 4.69) is 20.8 Å². The number of nitrogens with two attached hydrogens (primary N) is 1. The molecule has 1 aromatic rings. The number of hydrogen-bond acceptors (Lipinski definition) is 2. The molecule has 1 fully saturated rings. The SMILES string of the molecule is N[C@@H]1CCN(Cc2cccc(F)c2Br)C1. The summed E-state index contributed by atoms with van der Waals surface area (Å²) in [4.78, 5) is 2.25. The molecule has 0 amide bonds. The zero-order chi connectivity index (χ0) is 10.8. The predicted molar refractivity (Wildman–Crippen MR) is 62.0 cm³/mol. The van der Waals surface area contributed by atoms with Crippen LogP contribution in [0.1, 0.15) is 12.0 Å². The Morgan fingerprint density at radius 1 is 1.53 bits per heavy atom. The predicted octanol–water partition coefficient (Wildman–Crippen LogP) is 2.12. The maximum absolute atomic E-state index is 13.2. The fourth-order valence-electron chi connectivity index (χ4n) is 1.92. The highest BCUT2D eigenvalue weighted by atomic mass is 79.9. The molecule has 0 bridgehead atoms. The van der Waals surface area contributed by atoms with Crippen molar-refractivity contribution in [1.29, 1.82) is 0 Å². The third-order valence-electron chi connectivity index (χ3n) is 2.73. The quantitative estimate of drug-likeness (QED) is 0.894. The molecule has 1 heterocycles. The molecule has 1 aliphatic rings. The van der Waals surface area contributed by atoms with Gasteiger partial charge in [0, 0.05) is 25.7 Å². The lowest BCUT2D eigenvalue weighted by atomic mass is 10.2. The Morgan fingerprint density at radius 3 is 3.00 bits per heavy atom. The van der Waals surface area contributed by atoms with Crippen LogP contribution in [0, 0.1) is 5.82 Å². The van der Waals surface area contributed by atoms with Crippen molar-refractivity contribution in [2.75, 3.05) is 13.1 Å². The Balaban J connectivity index is 2.07. The zero-order valence-corrected chi connectivity index (χ0v) is 10.0. The van der Waals surface area contributed by atoms with E-state index in [4.69, 9.17) is 5.73 Å². The number of likely N-dealkylation sites (tertiary alicyclic amines) is 1. The fourth-order valence-corrected chi connectivity index (χ4v) is 2.31. The van der Waals surface area contributed by atoms with Gasteiger partial charge in [0.05, 0.1) is 4.47 Å². The van der Waals surface area contributed by atoms with Gasteiger partial charge in [-0.25, -0.2) is 4.39 Å². The number of hydrogen-bond donors (Lipinski definition) is 1. The van der Waals surface area contributed by atoms with E-state index < -0.39 is 0 Å². The average molecular weight is 273 g/mol. The smallest absolute Gasteiger partial charge is 0.137 e. The van der Waals surface area contributed by atoms with Crippen molar-refractivity contribution < 1.29 is 4.39 Å². The van der Waals surface area contributed by atoms with E-state index in [1.807, 2.05) is 6.07 Å². The van der Waals surface area contributed by atoms with Crippen LogP contribution in [-0.2, 0) is 6.54 Å². The lowest BCUT2D eigenvalue weighted by molar-refractivity contribution is 0.325. The monoisotopic (exact) mass is 272 g/mol. The third-order valence-corrected chi connectivity index (χ3v) is 3.62. The van der Waals surface area contributed by atoms with Crippen LogP contribution in [0.3, 0.4) is 0 Å². The molecule has 82 valence electrons. The first-order valence-corrected chi connectivity index (χ1v) is 5.87. The van der Waals surface area contributed by atoms with Gasteiger partial charge in [-0.3, -0.25) is 4.90 Å². The third kappa shape index (κ3) is 2.56. The summed E-state index contributed by atoms with van der Waals surface area (Å²) in [5.41, 5.74) is 6.81. The van der Waals surface area contributed by atoms with Crippen molar-refractivity contribution >= 4 is 15.9 Å². The minimum atomic E-state index is -0.198. The number of nitrogens with zero attached hydrogens (tertiary/aromatic N) is 1. The summed E-state index contributed by atoms with van der Waals surface area (Å²) >= 11 is 3.27. The molecule has 4 heteroatoms. The summed E-state index contributed by atoms with van der Waals surface area (Å²) in [7, 11) is 0. The fraction of sp³-hybridized carbons (Fsp3) is 0.455. The van der Waals surface area contributed by atoms with Gasteiger partial charge in [0.15, 0.2) is 0 Å². The van der Waals surface area contributed by atoms with E-state index in [1.165, 1.54) is 6.07 Å². The Labute approximate surface area is 97.4 Å². The van der Waals surface area contributed by atoms with Crippen molar-refractivity contribution in [2.45, 2.75) is 19.0 Å². The first-order valence-electron chi connectivity index (χ1n) is 5.07. The van der Waals surface area contributed by atoms with Crippen LogP contribution in [0.5, 0.6) is 0 Å². The summed E-state index contributed by atoms with van der Waals surface area (Å²) in [6.07, 6.45) is 1.03. The molecule has 0 radical (unpaired) electrons. The van der Waals surface area contributed by atoms with Crippen LogP contribution in [-0.4, -0.2) is 24.0 Å². The Morgan fingerprint density at radius 2 is 2.33 bits per heavy atom. The largest absolute Gasteiger partial charge is 0.326 e. The van der Waals surface area contributed by atoms with Crippen LogP contribution in [0.15, 0.2) is 22.7 Å². The van der Waals surface area contributed by atoms with Gasteiger partial charge in [-0.05, 0) is 34.0 Å². The Kier molecular flexibility index (Phi) is 3.38. The minimum absolute atomic E-state index is 0.198.